The Balaban J connectivity index is 0.000000170. The molecule has 2 amide bonds. The summed E-state index contributed by atoms with van der Waals surface area (Å²) in [7, 11) is 0. The van der Waals surface area contributed by atoms with Gasteiger partial charge in [-0.3, -0.25) is 30.0 Å². The fraction of sp³-hybridized carbons (Fsp3) is 0.269. The van der Waals surface area contributed by atoms with E-state index < -0.39 is 0 Å². The van der Waals surface area contributed by atoms with Gasteiger partial charge < -0.3 is 9.80 Å². The van der Waals surface area contributed by atoms with E-state index in [4.69, 9.17) is 33.2 Å². The van der Waals surface area contributed by atoms with Crippen molar-refractivity contribution < 1.29 is 29.5 Å². The number of benzene rings is 2. The molecule has 4 aliphatic rings. The maximum Gasteiger partial charge on any atom is 0.227 e. The molecule has 4 aromatic heterocycles. The van der Waals surface area contributed by atoms with Crippen LogP contribution in [0.25, 0.3) is 11.1 Å². The summed E-state index contributed by atoms with van der Waals surface area (Å²) in [6.07, 6.45) is 17.3. The monoisotopic (exact) mass is 1200 g/mol. The molecule has 348 valence electrons. The lowest BCUT2D eigenvalue weighted by molar-refractivity contribution is -0.904. The number of fused-ring (bicyclic) bond motifs is 4. The van der Waals surface area contributed by atoms with Gasteiger partial charge in [-0.25, -0.2) is 0 Å². The van der Waals surface area contributed by atoms with Crippen LogP contribution in [0.15, 0.2) is 127 Å². The van der Waals surface area contributed by atoms with Crippen LogP contribution in [-0.4, -0.2) is 68.2 Å². The highest BCUT2D eigenvalue weighted by atomic mass is 79.9. The van der Waals surface area contributed by atoms with Gasteiger partial charge in [0.25, 0.3) is 0 Å². The highest BCUT2D eigenvalue weighted by Gasteiger charge is 2.31. The number of likely N-dealkylation sites (tertiary alicyclic amines) is 2. The summed E-state index contributed by atoms with van der Waals surface area (Å²) in [6, 6.07) is 19.4. The highest BCUT2D eigenvalue weighted by Crippen LogP contribution is 2.44. The lowest BCUT2D eigenvalue weighted by Crippen LogP contribution is -2.37. The molecule has 2 aliphatic carbocycles. The summed E-state index contributed by atoms with van der Waals surface area (Å²) in [5.74, 6) is 0.216. The van der Waals surface area contributed by atoms with E-state index in [0.717, 1.165) is 111 Å². The van der Waals surface area contributed by atoms with Crippen molar-refractivity contribution >= 4 is 110 Å². The Bertz CT molecular complexity index is 2800. The normalized spacial score (nSPS) is 15.6. The first-order chi connectivity index (χ1) is 32.8. The number of hydrogen-bond donors (Lipinski definition) is 2. The Morgan fingerprint density at radius 3 is 1.25 bits per heavy atom. The first kappa shape index (κ1) is 48.6. The third-order valence-electron chi connectivity index (χ3n) is 13.1. The number of carbonyl (C=O) groups is 2. The number of aromatic nitrogens is 4. The summed E-state index contributed by atoms with van der Waals surface area (Å²) in [4.78, 5) is 39.4. The van der Waals surface area contributed by atoms with Crippen LogP contribution in [-0.2, 0) is 48.1 Å². The first-order valence-electron chi connectivity index (χ1n) is 22.4. The van der Waals surface area contributed by atoms with Gasteiger partial charge in [-0.05, 0) is 153 Å². The lowest BCUT2D eigenvalue weighted by atomic mass is 9.88. The standard InChI is InChI=1S/2C26H23Br2ClN3O2/c2*27-20-12-19-2-1-18-13-21(29)14-22(28)24(18)25(26(19)30-15-20)17-5-7-31(8-6-17)23(33)11-16-3-9-32(34)10-4-16/h2*3-4,9-10,12-15,34H,1-2,5-8,11H2/q2*+1. The summed E-state index contributed by atoms with van der Waals surface area (Å²) >= 11 is 27.5. The van der Waals surface area contributed by atoms with Crippen LogP contribution in [0.1, 0.15) is 81.6 Å². The average Bonchev–Trinajstić information content (AvgIpc) is 3.58. The second-order valence-electron chi connectivity index (χ2n) is 17.4. The molecule has 10 rings (SSSR count). The Hall–Kier alpha value is -4.44. The van der Waals surface area contributed by atoms with Crippen molar-refractivity contribution in [3.8, 4) is 0 Å². The number of amides is 2. The molecule has 0 bridgehead atoms. The molecule has 0 radical (unpaired) electrons. The Kier molecular flexibility index (Phi) is 15.2. The SMILES string of the molecule is O=C(Cc1cc[n+](O)cc1)N1CCC(=C2c3ncc(Br)cc3CCc3cc(Cl)cc(Br)c32)CC1.O=C(Cc1cc[n+](O)cc1)N1CCC(=C2c3ncc(Br)cc3CCc3cc(Cl)cc(Br)c32)CC1. The second kappa shape index (κ2) is 21.3. The number of nitrogens with zero attached hydrogens (tertiary/aromatic N) is 6. The molecule has 0 unspecified atom stereocenters. The topological polar surface area (TPSA) is 115 Å². The summed E-state index contributed by atoms with van der Waals surface area (Å²) in [5, 5.41) is 20.2. The maximum absolute atomic E-state index is 12.9. The van der Waals surface area contributed by atoms with Crippen molar-refractivity contribution in [2.24, 2.45) is 0 Å². The van der Waals surface area contributed by atoms with E-state index in [1.165, 1.54) is 80.5 Å². The van der Waals surface area contributed by atoms with Gasteiger partial charge in [-0.2, -0.15) is 0 Å². The van der Waals surface area contributed by atoms with Crippen LogP contribution in [0.2, 0.25) is 10.0 Å². The molecule has 6 aromatic rings. The predicted molar refractivity (Wildman–Crippen MR) is 276 cm³/mol. The molecule has 68 heavy (non-hydrogen) atoms. The van der Waals surface area contributed by atoms with Crippen molar-refractivity contribution in [2.75, 3.05) is 26.2 Å². The fourth-order valence-corrected chi connectivity index (χ4v) is 12.6. The van der Waals surface area contributed by atoms with Crippen molar-refractivity contribution in [1.29, 1.82) is 0 Å². The highest BCUT2D eigenvalue weighted by molar-refractivity contribution is 9.11. The maximum atomic E-state index is 12.9. The van der Waals surface area contributed by atoms with Gasteiger partial charge in [-0.1, -0.05) is 66.2 Å². The number of aryl methyl sites for hydroxylation is 4. The number of halogens is 6. The zero-order chi connectivity index (χ0) is 47.6. The van der Waals surface area contributed by atoms with E-state index in [1.807, 2.05) is 34.3 Å². The Labute approximate surface area is 438 Å². The molecule has 16 heteroatoms. The average molecular weight is 1210 g/mol. The lowest BCUT2D eigenvalue weighted by Gasteiger charge is -2.30. The van der Waals surface area contributed by atoms with Gasteiger partial charge in [0, 0.05) is 123 Å². The molecule has 0 atom stereocenters. The van der Waals surface area contributed by atoms with E-state index in [2.05, 4.69) is 88.0 Å². The van der Waals surface area contributed by atoms with E-state index in [9.17, 15) is 20.0 Å². The van der Waals surface area contributed by atoms with Crippen LogP contribution in [0, 0.1) is 0 Å². The molecular formula is C52H46Br4Cl2N6O4+2. The fourth-order valence-electron chi connectivity index (χ4n) is 9.73. The molecule has 6 heterocycles. The second-order valence-corrected chi connectivity index (χ2v) is 21.8. The summed E-state index contributed by atoms with van der Waals surface area (Å²) in [6.45, 7) is 2.71. The van der Waals surface area contributed by atoms with Crippen molar-refractivity contribution in [3.63, 3.8) is 0 Å². The Morgan fingerprint density at radius 1 is 0.529 bits per heavy atom. The van der Waals surface area contributed by atoms with Crippen LogP contribution < -0.4 is 9.46 Å². The predicted octanol–water partition coefficient (Wildman–Crippen LogP) is 11.1. The first-order valence-corrected chi connectivity index (χ1v) is 26.4. The minimum absolute atomic E-state index is 0.108. The number of hydrogen-bond acceptors (Lipinski definition) is 6. The molecule has 2 aliphatic heterocycles. The molecule has 10 nitrogen and oxygen atoms in total. The van der Waals surface area contributed by atoms with Crippen LogP contribution >= 0.6 is 86.9 Å². The third kappa shape index (κ3) is 11.0. The molecule has 2 N–H and O–H groups in total. The van der Waals surface area contributed by atoms with Gasteiger partial charge in [-0.15, -0.1) is 0 Å². The van der Waals surface area contributed by atoms with Crippen LogP contribution in [0.3, 0.4) is 0 Å². The number of piperidine rings is 2. The van der Waals surface area contributed by atoms with Crippen molar-refractivity contribution in [1.82, 2.24) is 19.8 Å². The third-order valence-corrected chi connectivity index (χ3v) is 15.6. The molecule has 2 aromatic carbocycles. The Morgan fingerprint density at radius 2 is 0.882 bits per heavy atom. The van der Waals surface area contributed by atoms with Gasteiger partial charge in [0.2, 0.25) is 36.6 Å². The van der Waals surface area contributed by atoms with Crippen LogP contribution in [0.4, 0.5) is 0 Å². The quantitative estimate of drug-likeness (QED) is 0.134. The van der Waals surface area contributed by atoms with Gasteiger partial charge in [0.1, 0.15) is 0 Å². The zero-order valence-electron chi connectivity index (χ0n) is 36.8. The summed E-state index contributed by atoms with van der Waals surface area (Å²) in [5.41, 5.74) is 16.1. The van der Waals surface area contributed by atoms with E-state index >= 15 is 0 Å². The van der Waals surface area contributed by atoms with Crippen molar-refractivity contribution in [2.45, 2.75) is 64.2 Å². The molecule has 2 saturated heterocycles. The number of rotatable bonds is 4. The van der Waals surface area contributed by atoms with Gasteiger partial charge in [0.15, 0.2) is 0 Å². The molecule has 0 spiro atoms. The smallest absolute Gasteiger partial charge is 0.227 e. The number of pyridine rings is 4. The molecule has 0 saturated carbocycles. The van der Waals surface area contributed by atoms with E-state index in [-0.39, 0.29) is 11.8 Å². The molecular weight excluding hydrogens is 1160 g/mol. The minimum Gasteiger partial charge on any atom is -0.342 e. The summed E-state index contributed by atoms with van der Waals surface area (Å²) < 4.78 is 5.89. The van der Waals surface area contributed by atoms with Gasteiger partial charge >= 0.3 is 0 Å². The van der Waals surface area contributed by atoms with Crippen LogP contribution in [0.5, 0.6) is 0 Å². The van der Waals surface area contributed by atoms with Crippen molar-refractivity contribution in [3.05, 3.63) is 193 Å². The largest absolute Gasteiger partial charge is 0.342 e. The van der Waals surface area contributed by atoms with Gasteiger partial charge in [0.05, 0.1) is 24.2 Å². The number of carbonyl (C=O) groups excluding carboxylic acids is 2. The minimum atomic E-state index is 0.108. The molecule has 2 fully saturated rings. The zero-order valence-corrected chi connectivity index (χ0v) is 44.7. The van der Waals surface area contributed by atoms with E-state index in [1.54, 1.807) is 24.3 Å². The van der Waals surface area contributed by atoms with E-state index in [0.29, 0.717) is 39.0 Å².